The van der Waals surface area contributed by atoms with E-state index < -0.39 is 16.0 Å². The van der Waals surface area contributed by atoms with Crippen molar-refractivity contribution in [3.63, 3.8) is 0 Å². The third-order valence-corrected chi connectivity index (χ3v) is 5.97. The third-order valence-electron chi connectivity index (χ3n) is 3.79. The number of hydrogen-bond donors (Lipinski definition) is 1. The number of nitrogens with two attached hydrogens (primary N) is 1. The summed E-state index contributed by atoms with van der Waals surface area (Å²) in [5, 5.41) is 4.31. The van der Waals surface area contributed by atoms with Crippen LogP contribution in [0.4, 0.5) is 5.69 Å². The number of rotatable bonds is 5. The molecule has 0 radical (unpaired) electrons. The Balaban J connectivity index is 2.23. The van der Waals surface area contributed by atoms with Crippen LogP contribution in [0.25, 0.3) is 11.3 Å². The Hall–Kier alpha value is -2.55. The van der Waals surface area contributed by atoms with Gasteiger partial charge in [-0.2, -0.15) is 8.42 Å². The number of benzene rings is 2. The highest BCUT2D eigenvalue weighted by molar-refractivity contribution is 7.90. The maximum Gasteiger partial charge on any atom is 0.312 e. The Kier molecular flexibility index (Phi) is 5.64. The van der Waals surface area contributed by atoms with Gasteiger partial charge in [0.15, 0.2) is 0 Å². The van der Waals surface area contributed by atoms with Gasteiger partial charge in [-0.1, -0.05) is 42.3 Å². The summed E-state index contributed by atoms with van der Waals surface area (Å²) < 4.78 is 32.2. The van der Waals surface area contributed by atoms with E-state index in [4.69, 9.17) is 33.7 Å². The number of hydrogen-bond acceptors (Lipinski definition) is 6. The van der Waals surface area contributed by atoms with Gasteiger partial charge >= 0.3 is 5.97 Å². The fraction of sp³-hybridized carbons (Fsp3) is 0.111. The van der Waals surface area contributed by atoms with E-state index in [-0.39, 0.29) is 27.9 Å². The van der Waals surface area contributed by atoms with Gasteiger partial charge in [0.05, 0.1) is 4.90 Å². The number of ether oxygens (including phenoxy) is 1. The van der Waals surface area contributed by atoms with E-state index in [0.29, 0.717) is 16.3 Å². The van der Waals surface area contributed by atoms with Crippen LogP contribution in [0.3, 0.4) is 0 Å². The molecule has 0 fully saturated rings. The molecule has 0 atom stereocenters. The molecular formula is C18H15Cl2N3O4S. The van der Waals surface area contributed by atoms with Crippen molar-refractivity contribution < 1.29 is 17.9 Å². The lowest BCUT2D eigenvalue weighted by Gasteiger charge is -2.09. The van der Waals surface area contributed by atoms with Gasteiger partial charge in [0.25, 0.3) is 15.9 Å². The quantitative estimate of drug-likeness (QED) is 0.475. The predicted octanol–water partition coefficient (Wildman–Crippen LogP) is 3.99. The molecule has 0 bridgehead atoms. The second kappa shape index (κ2) is 7.83. The van der Waals surface area contributed by atoms with Crippen LogP contribution in [-0.4, -0.2) is 23.6 Å². The minimum absolute atomic E-state index is 0.0501. The average Bonchev–Trinajstić information content (AvgIpc) is 3.00. The van der Waals surface area contributed by atoms with E-state index in [0.717, 1.165) is 4.09 Å². The van der Waals surface area contributed by atoms with Crippen LogP contribution >= 0.6 is 23.2 Å². The predicted molar refractivity (Wildman–Crippen MR) is 107 cm³/mol. The van der Waals surface area contributed by atoms with Crippen molar-refractivity contribution in [2.75, 3.05) is 5.73 Å². The molecule has 28 heavy (non-hydrogen) atoms. The van der Waals surface area contributed by atoms with Gasteiger partial charge in [-0.15, -0.1) is 9.19 Å². The van der Waals surface area contributed by atoms with Gasteiger partial charge in [-0.3, -0.25) is 4.79 Å². The summed E-state index contributed by atoms with van der Waals surface area (Å²) in [6.45, 7) is 1.60. The molecule has 1 heterocycles. The summed E-state index contributed by atoms with van der Waals surface area (Å²) in [7, 11) is -4.15. The maximum absolute atomic E-state index is 13.2. The third kappa shape index (κ3) is 3.84. The molecular weight excluding hydrogens is 425 g/mol. The van der Waals surface area contributed by atoms with Crippen LogP contribution in [0.15, 0.2) is 53.4 Å². The Labute approximate surface area is 171 Å². The number of aromatic nitrogens is 2. The number of anilines is 1. The smallest absolute Gasteiger partial charge is 0.312 e. The van der Waals surface area contributed by atoms with Crippen LogP contribution < -0.4 is 10.5 Å². The Bertz CT molecular complexity index is 1120. The first-order chi connectivity index (χ1) is 13.2. The van der Waals surface area contributed by atoms with Crippen molar-refractivity contribution in [3.05, 3.63) is 58.6 Å². The van der Waals surface area contributed by atoms with Gasteiger partial charge in [0, 0.05) is 22.7 Å². The van der Waals surface area contributed by atoms with E-state index >= 15 is 0 Å². The molecule has 0 spiro atoms. The Morgan fingerprint density at radius 2 is 1.71 bits per heavy atom. The fourth-order valence-corrected chi connectivity index (χ4v) is 4.11. The second-order valence-electron chi connectivity index (χ2n) is 5.72. The van der Waals surface area contributed by atoms with Crippen molar-refractivity contribution in [2.24, 2.45) is 0 Å². The zero-order valence-electron chi connectivity index (χ0n) is 14.6. The molecule has 10 heteroatoms. The fourth-order valence-electron chi connectivity index (χ4n) is 2.37. The average molecular weight is 440 g/mol. The number of nitrogens with zero attached hydrogens (tertiary/aromatic N) is 2. The van der Waals surface area contributed by atoms with Gasteiger partial charge in [-0.25, -0.2) is 0 Å². The highest BCUT2D eigenvalue weighted by Crippen LogP contribution is 2.38. The first kappa shape index (κ1) is 20.2. The molecule has 2 aromatic carbocycles. The van der Waals surface area contributed by atoms with E-state index in [9.17, 15) is 13.2 Å². The van der Waals surface area contributed by atoms with Crippen LogP contribution in [0.1, 0.15) is 13.3 Å². The highest BCUT2D eigenvalue weighted by atomic mass is 35.5. The molecule has 0 unspecified atom stereocenters. The normalized spacial score (nSPS) is 11.4. The number of carbonyl (C=O) groups is 1. The molecule has 2 N–H and O–H groups in total. The zero-order chi connectivity index (χ0) is 20.5. The first-order valence-corrected chi connectivity index (χ1v) is 10.3. The number of carbonyl (C=O) groups excluding carboxylic acids is 1. The van der Waals surface area contributed by atoms with Crippen molar-refractivity contribution in [2.45, 2.75) is 18.2 Å². The minimum Gasteiger partial charge on any atom is -0.404 e. The molecule has 0 saturated carbocycles. The summed E-state index contributed by atoms with van der Waals surface area (Å²) in [4.78, 5) is 11.6. The molecule has 0 aliphatic rings. The van der Waals surface area contributed by atoms with Crippen LogP contribution in [0, 0.1) is 0 Å². The van der Waals surface area contributed by atoms with E-state index in [1.54, 1.807) is 31.2 Å². The van der Waals surface area contributed by atoms with Crippen molar-refractivity contribution >= 4 is 44.9 Å². The van der Waals surface area contributed by atoms with Gasteiger partial charge in [0.1, 0.15) is 10.7 Å². The summed E-state index contributed by atoms with van der Waals surface area (Å²) >= 11 is 12.3. The topological polar surface area (TPSA) is 104 Å². The largest absolute Gasteiger partial charge is 0.404 e. The van der Waals surface area contributed by atoms with E-state index in [1.165, 1.54) is 24.3 Å². The molecule has 7 nitrogen and oxygen atoms in total. The number of halogens is 2. The first-order valence-electron chi connectivity index (χ1n) is 8.10. The zero-order valence-corrected chi connectivity index (χ0v) is 16.9. The lowest BCUT2D eigenvalue weighted by Crippen LogP contribution is -2.16. The summed E-state index contributed by atoms with van der Waals surface area (Å²) in [6, 6.07) is 12.0. The van der Waals surface area contributed by atoms with Gasteiger partial charge in [0.2, 0.25) is 0 Å². The lowest BCUT2D eigenvalue weighted by molar-refractivity contribution is -0.134. The molecule has 0 saturated heterocycles. The maximum atomic E-state index is 13.2. The van der Waals surface area contributed by atoms with Gasteiger partial charge in [-0.05, 0) is 36.4 Å². The molecule has 146 valence electrons. The Morgan fingerprint density at radius 3 is 2.29 bits per heavy atom. The van der Waals surface area contributed by atoms with Crippen molar-refractivity contribution in [1.82, 2.24) is 9.19 Å². The monoisotopic (exact) mass is 439 g/mol. The van der Waals surface area contributed by atoms with Gasteiger partial charge < -0.3 is 10.5 Å². The van der Waals surface area contributed by atoms with E-state index in [1.807, 2.05) is 0 Å². The SMILES string of the molecule is CCC(=O)Oc1nn(S(=O)(=O)c2ccc(N)cc2)c(-c2ccc(Cl)cc2)c1Cl. The Morgan fingerprint density at radius 1 is 1.11 bits per heavy atom. The van der Waals surface area contributed by atoms with Crippen molar-refractivity contribution in [1.29, 1.82) is 0 Å². The minimum atomic E-state index is -4.15. The van der Waals surface area contributed by atoms with Crippen LogP contribution in [0.5, 0.6) is 5.88 Å². The molecule has 0 aliphatic heterocycles. The van der Waals surface area contributed by atoms with Crippen molar-refractivity contribution in [3.8, 4) is 17.1 Å². The standard InChI is InChI=1S/C18H15Cl2N3O4S/c1-2-15(24)27-18-16(20)17(11-3-5-12(19)6-4-11)23(22-18)28(25,26)14-9-7-13(21)8-10-14/h3-10H,2,21H2,1H3. The molecule has 1 aromatic heterocycles. The highest BCUT2D eigenvalue weighted by Gasteiger charge is 2.29. The lowest BCUT2D eigenvalue weighted by atomic mass is 10.1. The molecule has 3 aromatic rings. The summed E-state index contributed by atoms with van der Waals surface area (Å²) in [6.07, 6.45) is 0.0736. The second-order valence-corrected chi connectivity index (χ2v) is 8.30. The summed E-state index contributed by atoms with van der Waals surface area (Å²) in [5.74, 6) is -0.892. The van der Waals surface area contributed by atoms with Crippen LogP contribution in [-0.2, 0) is 14.8 Å². The molecule has 0 aliphatic carbocycles. The molecule has 3 rings (SSSR count). The van der Waals surface area contributed by atoms with Crippen LogP contribution in [0.2, 0.25) is 10.0 Å². The molecule has 0 amide bonds. The van der Waals surface area contributed by atoms with E-state index in [2.05, 4.69) is 5.10 Å². The summed E-state index contributed by atoms with van der Waals surface area (Å²) in [5.41, 5.74) is 6.52. The number of nitrogen functional groups attached to an aromatic ring is 1. The number of esters is 1.